The minimum absolute atomic E-state index is 0.152. The normalized spacial score (nSPS) is 25.3. The Labute approximate surface area is 92.0 Å². The van der Waals surface area contributed by atoms with E-state index in [1.54, 1.807) is 0 Å². The molecule has 84 valence electrons. The second-order valence-corrected chi connectivity index (χ2v) is 4.35. The molecule has 1 aliphatic heterocycles. The first-order valence-corrected chi connectivity index (χ1v) is 5.62. The van der Waals surface area contributed by atoms with Crippen molar-refractivity contribution >= 4 is 5.91 Å². The number of terminal acetylenes is 1. The lowest BCUT2D eigenvalue weighted by Crippen LogP contribution is -2.31. The number of unbranched alkanes of at least 4 members (excludes halogenated alkanes) is 2. The quantitative estimate of drug-likeness (QED) is 0.553. The van der Waals surface area contributed by atoms with Crippen LogP contribution in [0.4, 0.5) is 0 Å². The highest BCUT2D eigenvalue weighted by atomic mass is 16.2. The standard InChI is InChI=1S/C12H20N2O/c1-3-4-5-6-7-12(15)14-8-10(2)11(13)9-14/h1,10-11H,4-9,13H2,2H3. The van der Waals surface area contributed by atoms with Gasteiger partial charge in [-0.25, -0.2) is 0 Å². The molecule has 0 bridgehead atoms. The highest BCUT2D eigenvalue weighted by molar-refractivity contribution is 5.76. The SMILES string of the molecule is C#CCCCCC(=O)N1CC(C)C(N)C1. The fourth-order valence-electron chi connectivity index (χ4n) is 1.86. The first-order chi connectivity index (χ1) is 7.15. The number of nitrogens with zero attached hydrogens (tertiary/aromatic N) is 1. The topological polar surface area (TPSA) is 46.3 Å². The first kappa shape index (κ1) is 12.1. The van der Waals surface area contributed by atoms with Gasteiger partial charge in [-0.1, -0.05) is 6.92 Å². The van der Waals surface area contributed by atoms with E-state index < -0.39 is 0 Å². The van der Waals surface area contributed by atoms with Gasteiger partial charge in [0.2, 0.25) is 5.91 Å². The van der Waals surface area contributed by atoms with Crippen LogP contribution in [0.5, 0.6) is 0 Å². The van der Waals surface area contributed by atoms with Gasteiger partial charge in [0.05, 0.1) is 0 Å². The number of nitrogens with two attached hydrogens (primary N) is 1. The summed E-state index contributed by atoms with van der Waals surface area (Å²) in [5.41, 5.74) is 5.86. The van der Waals surface area contributed by atoms with Crippen molar-refractivity contribution in [3.63, 3.8) is 0 Å². The van der Waals surface area contributed by atoms with Crippen LogP contribution in [0.25, 0.3) is 0 Å². The summed E-state index contributed by atoms with van der Waals surface area (Å²) in [7, 11) is 0. The summed E-state index contributed by atoms with van der Waals surface area (Å²) < 4.78 is 0. The van der Waals surface area contributed by atoms with Crippen molar-refractivity contribution in [3.05, 3.63) is 0 Å². The predicted molar refractivity (Wildman–Crippen MR) is 61.0 cm³/mol. The molecule has 0 spiro atoms. The molecule has 15 heavy (non-hydrogen) atoms. The summed E-state index contributed by atoms with van der Waals surface area (Å²) in [5.74, 6) is 3.24. The Morgan fingerprint density at radius 1 is 1.53 bits per heavy atom. The number of amides is 1. The molecule has 3 heteroatoms. The zero-order valence-electron chi connectivity index (χ0n) is 9.41. The third-order valence-corrected chi connectivity index (χ3v) is 2.98. The van der Waals surface area contributed by atoms with E-state index >= 15 is 0 Å². The molecule has 1 saturated heterocycles. The molecule has 2 unspecified atom stereocenters. The van der Waals surface area contributed by atoms with E-state index in [4.69, 9.17) is 12.2 Å². The molecule has 1 fully saturated rings. The van der Waals surface area contributed by atoms with Crippen LogP contribution >= 0.6 is 0 Å². The molecule has 0 saturated carbocycles. The van der Waals surface area contributed by atoms with Crippen LogP contribution in [0.3, 0.4) is 0 Å². The second-order valence-electron chi connectivity index (χ2n) is 4.35. The number of carbonyl (C=O) groups excluding carboxylic acids is 1. The summed E-state index contributed by atoms with van der Waals surface area (Å²) in [5, 5.41) is 0. The van der Waals surface area contributed by atoms with Crippen LogP contribution in [0, 0.1) is 18.3 Å². The van der Waals surface area contributed by atoms with E-state index in [0.717, 1.165) is 32.4 Å². The van der Waals surface area contributed by atoms with E-state index in [-0.39, 0.29) is 11.9 Å². The maximum Gasteiger partial charge on any atom is 0.222 e. The molecule has 0 radical (unpaired) electrons. The van der Waals surface area contributed by atoms with Gasteiger partial charge in [-0.2, -0.15) is 0 Å². The number of hydrogen-bond donors (Lipinski definition) is 1. The lowest BCUT2D eigenvalue weighted by atomic mass is 10.1. The smallest absolute Gasteiger partial charge is 0.222 e. The Bertz CT molecular complexity index is 247. The van der Waals surface area contributed by atoms with E-state index in [1.165, 1.54) is 0 Å². The van der Waals surface area contributed by atoms with Crippen molar-refractivity contribution in [3.8, 4) is 12.3 Å². The molecule has 0 aromatic heterocycles. The lowest BCUT2D eigenvalue weighted by Gasteiger charge is -2.15. The summed E-state index contributed by atoms with van der Waals surface area (Å²) in [6.45, 7) is 3.63. The Morgan fingerprint density at radius 2 is 2.27 bits per heavy atom. The van der Waals surface area contributed by atoms with E-state index in [9.17, 15) is 4.79 Å². The van der Waals surface area contributed by atoms with Gasteiger partial charge in [0.15, 0.2) is 0 Å². The van der Waals surface area contributed by atoms with Crippen molar-refractivity contribution < 1.29 is 4.79 Å². The summed E-state index contributed by atoms with van der Waals surface area (Å²) in [6.07, 6.45) is 8.36. The molecular formula is C12H20N2O. The molecule has 2 atom stereocenters. The molecular weight excluding hydrogens is 188 g/mol. The number of likely N-dealkylation sites (tertiary alicyclic amines) is 1. The van der Waals surface area contributed by atoms with Gasteiger partial charge in [0, 0.05) is 32.0 Å². The summed E-state index contributed by atoms with van der Waals surface area (Å²) in [4.78, 5) is 13.6. The Kier molecular flexibility index (Phi) is 4.64. The molecule has 3 nitrogen and oxygen atoms in total. The van der Waals surface area contributed by atoms with Gasteiger partial charge < -0.3 is 10.6 Å². The molecule has 1 rings (SSSR count). The van der Waals surface area contributed by atoms with Crippen LogP contribution < -0.4 is 5.73 Å². The zero-order chi connectivity index (χ0) is 11.3. The largest absolute Gasteiger partial charge is 0.341 e. The van der Waals surface area contributed by atoms with Gasteiger partial charge >= 0.3 is 0 Å². The Hall–Kier alpha value is -1.01. The summed E-state index contributed by atoms with van der Waals surface area (Å²) >= 11 is 0. The first-order valence-electron chi connectivity index (χ1n) is 5.62. The van der Waals surface area contributed by atoms with Crippen LogP contribution in [0.15, 0.2) is 0 Å². The third-order valence-electron chi connectivity index (χ3n) is 2.98. The molecule has 0 aliphatic carbocycles. The second kappa shape index (κ2) is 5.77. The fourth-order valence-corrected chi connectivity index (χ4v) is 1.86. The van der Waals surface area contributed by atoms with Gasteiger partial charge in [-0.3, -0.25) is 4.79 Å². The third kappa shape index (κ3) is 3.56. The lowest BCUT2D eigenvalue weighted by molar-refractivity contribution is -0.130. The van der Waals surface area contributed by atoms with Crippen LogP contribution in [0.1, 0.15) is 32.6 Å². The minimum Gasteiger partial charge on any atom is -0.341 e. The van der Waals surface area contributed by atoms with Gasteiger partial charge in [-0.15, -0.1) is 12.3 Å². The Morgan fingerprint density at radius 3 is 2.80 bits per heavy atom. The minimum atomic E-state index is 0.152. The van der Waals surface area contributed by atoms with E-state index in [0.29, 0.717) is 12.3 Å². The van der Waals surface area contributed by atoms with Gasteiger partial charge in [0.25, 0.3) is 0 Å². The maximum atomic E-state index is 11.7. The van der Waals surface area contributed by atoms with Crippen molar-refractivity contribution in [2.24, 2.45) is 11.7 Å². The highest BCUT2D eigenvalue weighted by Gasteiger charge is 2.29. The maximum absolute atomic E-state index is 11.7. The van der Waals surface area contributed by atoms with Crippen LogP contribution in [-0.2, 0) is 4.79 Å². The monoisotopic (exact) mass is 208 g/mol. The number of rotatable bonds is 4. The van der Waals surface area contributed by atoms with E-state index in [1.807, 2.05) is 4.90 Å². The van der Waals surface area contributed by atoms with Crippen LogP contribution in [0.2, 0.25) is 0 Å². The highest BCUT2D eigenvalue weighted by Crippen LogP contribution is 2.16. The van der Waals surface area contributed by atoms with Crippen molar-refractivity contribution in [1.82, 2.24) is 4.90 Å². The van der Waals surface area contributed by atoms with Gasteiger partial charge in [-0.05, 0) is 18.8 Å². The average Bonchev–Trinajstić information content (AvgIpc) is 2.54. The number of carbonyl (C=O) groups is 1. The van der Waals surface area contributed by atoms with Crippen molar-refractivity contribution in [2.45, 2.75) is 38.6 Å². The molecule has 0 aromatic rings. The summed E-state index contributed by atoms with van der Waals surface area (Å²) in [6, 6.07) is 0.152. The Balaban J connectivity index is 2.21. The molecule has 1 aliphatic rings. The zero-order valence-corrected chi connectivity index (χ0v) is 9.41. The fraction of sp³-hybridized carbons (Fsp3) is 0.750. The molecule has 2 N–H and O–H groups in total. The van der Waals surface area contributed by atoms with E-state index in [2.05, 4.69) is 12.8 Å². The predicted octanol–water partition coefficient (Wildman–Crippen LogP) is 0.986. The number of hydrogen-bond acceptors (Lipinski definition) is 2. The van der Waals surface area contributed by atoms with Crippen LogP contribution in [-0.4, -0.2) is 29.9 Å². The van der Waals surface area contributed by atoms with Crippen molar-refractivity contribution in [1.29, 1.82) is 0 Å². The molecule has 0 aromatic carbocycles. The van der Waals surface area contributed by atoms with Gasteiger partial charge in [0.1, 0.15) is 0 Å². The molecule has 1 amide bonds. The van der Waals surface area contributed by atoms with Crippen molar-refractivity contribution in [2.75, 3.05) is 13.1 Å². The average molecular weight is 208 g/mol. The molecule has 1 heterocycles.